The Labute approximate surface area is 192 Å². The standard InChI is InChI=1S/C21H22F3N5O3S/c1-3-32-19(31)12-25-18(30)13-33-20-27-26-17(11-15-8-5-9-28(15)2)29(20)16-7-4-6-14(10-16)21(22,23)24/h4-10H,3,11-13H2,1-2H3,(H,25,30). The van der Waals surface area contributed by atoms with E-state index in [0.29, 0.717) is 12.2 Å². The van der Waals surface area contributed by atoms with Crippen LogP contribution in [0.2, 0.25) is 0 Å². The first-order valence-electron chi connectivity index (χ1n) is 9.96. The first-order valence-corrected chi connectivity index (χ1v) is 10.9. The lowest BCUT2D eigenvalue weighted by atomic mass is 10.2. The lowest BCUT2D eigenvalue weighted by Crippen LogP contribution is -2.31. The first-order chi connectivity index (χ1) is 15.7. The van der Waals surface area contributed by atoms with Gasteiger partial charge in [-0.2, -0.15) is 13.2 Å². The molecule has 0 atom stereocenters. The van der Waals surface area contributed by atoms with Crippen LogP contribution in [0.5, 0.6) is 0 Å². The maximum Gasteiger partial charge on any atom is 0.416 e. The van der Waals surface area contributed by atoms with E-state index in [2.05, 4.69) is 15.5 Å². The van der Waals surface area contributed by atoms with Crippen molar-refractivity contribution in [3.8, 4) is 5.69 Å². The summed E-state index contributed by atoms with van der Waals surface area (Å²) < 4.78 is 48.0. The quantitative estimate of drug-likeness (QED) is 0.373. The molecular formula is C21H22F3N5O3S. The number of amides is 1. The van der Waals surface area contributed by atoms with E-state index in [1.165, 1.54) is 16.7 Å². The molecule has 33 heavy (non-hydrogen) atoms. The molecule has 3 aromatic rings. The number of carbonyl (C=O) groups is 2. The number of halogens is 3. The van der Waals surface area contributed by atoms with Crippen molar-refractivity contribution < 1.29 is 27.5 Å². The molecule has 0 spiro atoms. The number of carbonyl (C=O) groups excluding carboxylic acids is 2. The third kappa shape index (κ3) is 6.37. The van der Waals surface area contributed by atoms with Crippen molar-refractivity contribution in [1.82, 2.24) is 24.6 Å². The molecule has 1 amide bonds. The molecule has 1 N–H and O–H groups in total. The molecule has 2 aromatic heterocycles. The average Bonchev–Trinajstić information content (AvgIpc) is 3.36. The number of thioether (sulfide) groups is 1. The van der Waals surface area contributed by atoms with Gasteiger partial charge in [0.1, 0.15) is 12.4 Å². The summed E-state index contributed by atoms with van der Waals surface area (Å²) in [5, 5.41) is 11.0. The molecule has 0 radical (unpaired) electrons. The van der Waals surface area contributed by atoms with Crippen LogP contribution < -0.4 is 5.32 Å². The predicted octanol–water partition coefficient (Wildman–Crippen LogP) is 2.99. The molecule has 12 heteroatoms. The number of nitrogens with zero attached hydrogens (tertiary/aromatic N) is 4. The highest BCUT2D eigenvalue weighted by Gasteiger charge is 2.31. The van der Waals surface area contributed by atoms with E-state index >= 15 is 0 Å². The maximum atomic E-state index is 13.3. The predicted molar refractivity (Wildman–Crippen MR) is 115 cm³/mol. The molecule has 0 aliphatic carbocycles. The number of aryl methyl sites for hydroxylation is 1. The Bertz CT molecular complexity index is 1130. The number of hydrogen-bond donors (Lipinski definition) is 1. The molecule has 0 fully saturated rings. The van der Waals surface area contributed by atoms with Gasteiger partial charge in [0.05, 0.1) is 23.6 Å². The van der Waals surface area contributed by atoms with Gasteiger partial charge in [-0.1, -0.05) is 17.8 Å². The van der Waals surface area contributed by atoms with E-state index in [1.807, 2.05) is 29.9 Å². The van der Waals surface area contributed by atoms with Crippen LogP contribution >= 0.6 is 11.8 Å². The Morgan fingerprint density at radius 3 is 2.64 bits per heavy atom. The molecule has 176 valence electrons. The van der Waals surface area contributed by atoms with Crippen molar-refractivity contribution in [2.24, 2.45) is 7.05 Å². The fourth-order valence-corrected chi connectivity index (χ4v) is 3.80. The molecule has 1 aromatic carbocycles. The van der Waals surface area contributed by atoms with E-state index in [9.17, 15) is 22.8 Å². The molecule has 0 unspecified atom stereocenters. The highest BCUT2D eigenvalue weighted by Crippen LogP contribution is 2.32. The molecule has 2 heterocycles. The molecule has 8 nitrogen and oxygen atoms in total. The summed E-state index contributed by atoms with van der Waals surface area (Å²) in [7, 11) is 1.85. The van der Waals surface area contributed by atoms with Gasteiger partial charge in [0.15, 0.2) is 5.16 Å². The van der Waals surface area contributed by atoms with Gasteiger partial charge in [-0.3, -0.25) is 14.2 Å². The van der Waals surface area contributed by atoms with Gasteiger partial charge in [-0.05, 0) is 37.3 Å². The second-order valence-electron chi connectivity index (χ2n) is 6.94. The Balaban J connectivity index is 1.86. The van der Waals surface area contributed by atoms with Gasteiger partial charge in [0, 0.05) is 25.4 Å². The Kier molecular flexibility index (Phi) is 7.79. The van der Waals surface area contributed by atoms with Crippen LogP contribution in [0.4, 0.5) is 13.2 Å². The van der Waals surface area contributed by atoms with Crippen LogP contribution in [-0.4, -0.2) is 50.1 Å². The summed E-state index contributed by atoms with van der Waals surface area (Å²) in [4.78, 5) is 23.5. The Morgan fingerprint density at radius 1 is 1.18 bits per heavy atom. The normalized spacial score (nSPS) is 11.4. The van der Waals surface area contributed by atoms with E-state index < -0.39 is 23.6 Å². The number of rotatable bonds is 9. The van der Waals surface area contributed by atoms with Gasteiger partial charge in [0.25, 0.3) is 0 Å². The monoisotopic (exact) mass is 481 g/mol. The minimum atomic E-state index is -4.51. The van der Waals surface area contributed by atoms with Crippen LogP contribution in [0.3, 0.4) is 0 Å². The third-order valence-electron chi connectivity index (χ3n) is 4.59. The maximum absolute atomic E-state index is 13.3. The van der Waals surface area contributed by atoms with Gasteiger partial charge in [0.2, 0.25) is 5.91 Å². The lowest BCUT2D eigenvalue weighted by molar-refractivity contribution is -0.143. The zero-order valence-corrected chi connectivity index (χ0v) is 18.7. The second kappa shape index (κ2) is 10.6. The molecule has 3 rings (SSSR count). The van der Waals surface area contributed by atoms with Crippen molar-refractivity contribution in [3.05, 3.63) is 59.7 Å². The first kappa shape index (κ1) is 24.4. The van der Waals surface area contributed by atoms with Crippen molar-refractivity contribution in [3.63, 3.8) is 0 Å². The molecule has 0 aliphatic rings. The highest BCUT2D eigenvalue weighted by molar-refractivity contribution is 7.99. The lowest BCUT2D eigenvalue weighted by Gasteiger charge is -2.13. The summed E-state index contributed by atoms with van der Waals surface area (Å²) in [6.07, 6.45) is -2.34. The molecule has 0 saturated heterocycles. The van der Waals surface area contributed by atoms with Crippen LogP contribution in [0, 0.1) is 0 Å². The molecular weight excluding hydrogens is 459 g/mol. The van der Waals surface area contributed by atoms with Crippen LogP contribution in [-0.2, 0) is 34.0 Å². The van der Waals surface area contributed by atoms with Crippen molar-refractivity contribution in [2.45, 2.75) is 24.7 Å². The zero-order chi connectivity index (χ0) is 24.0. The van der Waals surface area contributed by atoms with Gasteiger partial charge >= 0.3 is 12.1 Å². The summed E-state index contributed by atoms with van der Waals surface area (Å²) in [5.74, 6) is -0.699. The second-order valence-corrected chi connectivity index (χ2v) is 7.88. The van der Waals surface area contributed by atoms with Crippen LogP contribution in [0.15, 0.2) is 47.8 Å². The summed E-state index contributed by atoms with van der Waals surface area (Å²) >= 11 is 1.00. The number of ether oxygens (including phenoxy) is 1. The summed E-state index contributed by atoms with van der Waals surface area (Å²) in [6.45, 7) is 1.59. The minimum absolute atomic E-state index is 0.110. The summed E-state index contributed by atoms with van der Waals surface area (Å²) in [6, 6.07) is 8.57. The minimum Gasteiger partial charge on any atom is -0.465 e. The van der Waals surface area contributed by atoms with Crippen molar-refractivity contribution in [1.29, 1.82) is 0 Å². The number of hydrogen-bond acceptors (Lipinski definition) is 6. The number of benzene rings is 1. The number of alkyl halides is 3. The number of esters is 1. The fourth-order valence-electron chi connectivity index (χ4n) is 2.99. The van der Waals surface area contributed by atoms with E-state index in [4.69, 9.17) is 4.74 Å². The fraction of sp³-hybridized carbons (Fsp3) is 0.333. The van der Waals surface area contributed by atoms with Crippen LogP contribution in [0.1, 0.15) is 24.0 Å². The average molecular weight is 482 g/mol. The third-order valence-corrected chi connectivity index (χ3v) is 5.52. The van der Waals surface area contributed by atoms with E-state index in [0.717, 1.165) is 29.6 Å². The van der Waals surface area contributed by atoms with E-state index in [-0.39, 0.29) is 29.7 Å². The van der Waals surface area contributed by atoms with Gasteiger partial charge in [-0.25, -0.2) is 0 Å². The number of nitrogens with one attached hydrogen (secondary N) is 1. The van der Waals surface area contributed by atoms with Gasteiger partial charge in [-0.15, -0.1) is 10.2 Å². The smallest absolute Gasteiger partial charge is 0.416 e. The Hall–Kier alpha value is -3.28. The molecule has 0 saturated carbocycles. The summed E-state index contributed by atoms with van der Waals surface area (Å²) in [5.41, 5.74) is 0.314. The van der Waals surface area contributed by atoms with Gasteiger partial charge < -0.3 is 14.6 Å². The van der Waals surface area contributed by atoms with E-state index in [1.54, 1.807) is 6.92 Å². The Morgan fingerprint density at radius 2 is 1.97 bits per heavy atom. The van der Waals surface area contributed by atoms with Crippen molar-refractivity contribution >= 4 is 23.6 Å². The SMILES string of the molecule is CCOC(=O)CNC(=O)CSc1nnc(Cc2cccn2C)n1-c1cccc(C(F)(F)F)c1. The highest BCUT2D eigenvalue weighted by atomic mass is 32.2. The van der Waals surface area contributed by atoms with Crippen molar-refractivity contribution in [2.75, 3.05) is 18.9 Å². The van der Waals surface area contributed by atoms with Crippen LogP contribution in [0.25, 0.3) is 5.69 Å². The molecule has 0 aliphatic heterocycles. The zero-order valence-electron chi connectivity index (χ0n) is 17.9. The molecule has 0 bridgehead atoms. The topological polar surface area (TPSA) is 91.0 Å². The largest absolute Gasteiger partial charge is 0.465 e. The number of aromatic nitrogens is 4.